The van der Waals surface area contributed by atoms with Crippen LogP contribution in [-0.2, 0) is 35.5 Å². The summed E-state index contributed by atoms with van der Waals surface area (Å²) < 4.78 is 1.91. The number of aromatic nitrogens is 3. The molecule has 1 aliphatic carbocycles. The van der Waals surface area contributed by atoms with E-state index in [1.807, 2.05) is 4.52 Å². The Morgan fingerprint density at radius 1 is 0.877 bits per heavy atom. The summed E-state index contributed by atoms with van der Waals surface area (Å²) in [6.07, 6.45) is 11.4. The van der Waals surface area contributed by atoms with Gasteiger partial charge in [0.1, 0.15) is 12.4 Å². The highest BCUT2D eigenvalue weighted by molar-refractivity contribution is 7.14. The van der Waals surface area contributed by atoms with Crippen LogP contribution in [0, 0.1) is 6.92 Å². The maximum absolute atomic E-state index is 13.0. The van der Waals surface area contributed by atoms with E-state index in [9.17, 15) is 14.4 Å². The Hall–Kier alpha value is -5.65. The molecule has 3 amide bonds. The average Bonchev–Trinajstić information content (AvgIpc) is 3.88. The minimum atomic E-state index is -0.369. The molecule has 3 aromatic carbocycles. The highest BCUT2D eigenvalue weighted by Gasteiger charge is 2.27. The van der Waals surface area contributed by atoms with Crippen molar-refractivity contribution in [3.05, 3.63) is 129 Å². The Morgan fingerprint density at radius 3 is 2.44 bits per heavy atom. The first-order valence-corrected chi connectivity index (χ1v) is 21.0. The molecule has 3 aliphatic rings. The summed E-state index contributed by atoms with van der Waals surface area (Å²) in [7, 11) is 0. The van der Waals surface area contributed by atoms with Gasteiger partial charge in [-0.25, -0.2) is 9.50 Å². The van der Waals surface area contributed by atoms with Gasteiger partial charge in [-0.05, 0) is 135 Å². The number of piperidine rings is 2. The number of likely N-dealkylation sites (tertiary alicyclic amines) is 1. The van der Waals surface area contributed by atoms with Gasteiger partial charge in [-0.3, -0.25) is 24.6 Å². The number of imide groups is 1. The van der Waals surface area contributed by atoms with Crippen molar-refractivity contribution in [3.63, 3.8) is 0 Å². The van der Waals surface area contributed by atoms with Crippen molar-refractivity contribution >= 4 is 40.3 Å². The van der Waals surface area contributed by atoms with E-state index < -0.39 is 0 Å². The van der Waals surface area contributed by atoms with E-state index in [0.29, 0.717) is 25.3 Å². The van der Waals surface area contributed by atoms with Crippen LogP contribution in [0.5, 0.6) is 0 Å². The molecule has 0 bridgehead atoms. The van der Waals surface area contributed by atoms with Gasteiger partial charge in [0.2, 0.25) is 11.8 Å². The third-order valence-corrected chi connectivity index (χ3v) is 13.2. The summed E-state index contributed by atoms with van der Waals surface area (Å²) in [6, 6.07) is 27.5. The largest absolute Gasteiger partial charge is 0.374 e. The molecule has 3 N–H and O–H groups in total. The number of fused-ring (bicyclic) bond motifs is 2. The number of nitrogens with zero attached hydrogens (tertiary/aromatic N) is 4. The molecule has 2 saturated heterocycles. The summed E-state index contributed by atoms with van der Waals surface area (Å²) in [6.45, 7) is 5.58. The summed E-state index contributed by atoms with van der Waals surface area (Å²) in [4.78, 5) is 46.0. The fraction of sp³-hybridized carbons (Fsp3) is 0.326. The molecule has 10 nitrogen and oxygen atoms in total. The lowest BCUT2D eigenvalue weighted by Crippen LogP contribution is -2.47. The van der Waals surface area contributed by atoms with Crippen molar-refractivity contribution in [1.82, 2.24) is 30.1 Å². The number of thiophene rings is 1. The minimum Gasteiger partial charge on any atom is -0.374 e. The van der Waals surface area contributed by atoms with Gasteiger partial charge in [0.25, 0.3) is 5.91 Å². The van der Waals surface area contributed by atoms with Crippen LogP contribution < -0.4 is 16.0 Å². The van der Waals surface area contributed by atoms with Crippen molar-refractivity contribution in [2.45, 2.75) is 83.3 Å². The van der Waals surface area contributed by atoms with Crippen molar-refractivity contribution < 1.29 is 14.4 Å². The van der Waals surface area contributed by atoms with Gasteiger partial charge >= 0.3 is 0 Å². The lowest BCUT2D eigenvalue weighted by atomic mass is 9.89. The molecule has 9 rings (SSSR count). The molecular weight excluding hydrogens is 731 g/mol. The fourth-order valence-electron chi connectivity index (χ4n) is 8.59. The maximum Gasteiger partial charge on any atom is 0.261 e. The first kappa shape index (κ1) is 37.0. The van der Waals surface area contributed by atoms with Gasteiger partial charge in [0.15, 0.2) is 0 Å². The number of rotatable bonds is 10. The zero-order valence-electron chi connectivity index (χ0n) is 32.2. The van der Waals surface area contributed by atoms with Crippen molar-refractivity contribution in [2.24, 2.45) is 0 Å². The van der Waals surface area contributed by atoms with Crippen LogP contribution in [0.3, 0.4) is 0 Å². The van der Waals surface area contributed by atoms with Crippen LogP contribution in [0.2, 0.25) is 0 Å². The third-order valence-electron chi connectivity index (χ3n) is 11.9. The first-order chi connectivity index (χ1) is 27.8. The molecule has 1 unspecified atom stereocenters. The third kappa shape index (κ3) is 8.13. The van der Waals surface area contributed by atoms with Gasteiger partial charge in [-0.2, -0.15) is 5.10 Å². The van der Waals surface area contributed by atoms with Crippen LogP contribution >= 0.6 is 11.3 Å². The molecule has 11 heteroatoms. The molecule has 2 aliphatic heterocycles. The number of hydrogen-bond acceptors (Lipinski definition) is 8. The molecule has 2 fully saturated rings. The minimum absolute atomic E-state index is 0.00732. The standard InChI is InChI=1S/C46H47N7O3S/c1-29-22-35(10-11-36(29)25-47-46(56)42-24-34-4-2-3-5-41(34)57-42)44-40-23-37(27-53(40)49-28-48-44)32-8-6-30(7-9-32)26-52-20-18-33(19-21-52)31-12-14-38(15-13-31)50-39-16-17-43(54)51-45(39)55/h6-15,22-24,27-28,33,39,50H,2-5,16-21,25-26H2,1H3,(H,47,56)(H,51,54,55). The van der Waals surface area contributed by atoms with Crippen LogP contribution in [-0.4, -0.2) is 56.4 Å². The van der Waals surface area contributed by atoms with E-state index in [4.69, 9.17) is 4.98 Å². The SMILES string of the molecule is Cc1cc(-c2ncnn3cc(-c4ccc(CN5CCC(c6ccc(NC7CCC(=O)NC7=O)cc6)CC5)cc4)cc23)ccc1CNC(=O)c1cc2c(s1)CCCC2. The molecule has 290 valence electrons. The Balaban J connectivity index is 0.795. The van der Waals surface area contributed by atoms with Crippen LogP contribution in [0.4, 0.5) is 5.69 Å². The Kier molecular flexibility index (Phi) is 10.4. The number of carbonyl (C=O) groups is 3. The number of carbonyl (C=O) groups excluding carboxylic acids is 3. The lowest BCUT2D eigenvalue weighted by Gasteiger charge is -2.32. The van der Waals surface area contributed by atoms with E-state index >= 15 is 0 Å². The summed E-state index contributed by atoms with van der Waals surface area (Å²) >= 11 is 1.65. The van der Waals surface area contributed by atoms with Gasteiger partial charge < -0.3 is 10.6 Å². The zero-order chi connectivity index (χ0) is 38.9. The van der Waals surface area contributed by atoms with Gasteiger partial charge in [0.05, 0.1) is 16.1 Å². The average molecular weight is 778 g/mol. The Bertz CT molecular complexity index is 2420. The van der Waals surface area contributed by atoms with Crippen LogP contribution in [0.1, 0.15) is 86.8 Å². The highest BCUT2D eigenvalue weighted by atomic mass is 32.1. The second kappa shape index (κ2) is 16.1. The van der Waals surface area contributed by atoms with Gasteiger partial charge in [0, 0.05) is 47.4 Å². The second-order valence-corrected chi connectivity index (χ2v) is 16.9. The quantitative estimate of drug-likeness (QED) is 0.121. The number of anilines is 1. The predicted molar refractivity (Wildman–Crippen MR) is 224 cm³/mol. The first-order valence-electron chi connectivity index (χ1n) is 20.2. The molecule has 6 aromatic rings. The number of aryl methyl sites for hydroxylation is 3. The van der Waals surface area contributed by atoms with E-state index in [2.05, 4.69) is 118 Å². The van der Waals surface area contributed by atoms with E-state index in [1.54, 1.807) is 17.7 Å². The van der Waals surface area contributed by atoms with Crippen molar-refractivity contribution in [1.29, 1.82) is 0 Å². The van der Waals surface area contributed by atoms with Crippen LogP contribution in [0.15, 0.2) is 91.4 Å². The molecule has 0 spiro atoms. The highest BCUT2D eigenvalue weighted by Crippen LogP contribution is 2.33. The lowest BCUT2D eigenvalue weighted by molar-refractivity contribution is -0.133. The molecule has 3 aromatic heterocycles. The number of amides is 3. The van der Waals surface area contributed by atoms with E-state index in [-0.39, 0.29) is 23.8 Å². The molecule has 0 saturated carbocycles. The predicted octanol–water partition coefficient (Wildman–Crippen LogP) is 7.84. The van der Waals surface area contributed by atoms with Crippen LogP contribution in [0.25, 0.3) is 27.9 Å². The molecule has 0 radical (unpaired) electrons. The maximum atomic E-state index is 13.0. The molecule has 1 atom stereocenters. The number of benzene rings is 3. The van der Waals surface area contributed by atoms with E-state index in [1.165, 1.54) is 34.4 Å². The Labute approximate surface area is 336 Å². The molecule has 5 heterocycles. The monoisotopic (exact) mass is 777 g/mol. The normalized spacial score (nSPS) is 17.7. The van der Waals surface area contributed by atoms with Gasteiger partial charge in [-0.1, -0.05) is 48.5 Å². The second-order valence-electron chi connectivity index (χ2n) is 15.8. The molecular formula is C46H47N7O3S. The Morgan fingerprint density at radius 2 is 1.67 bits per heavy atom. The number of hydrogen-bond donors (Lipinski definition) is 3. The topological polar surface area (TPSA) is 121 Å². The van der Waals surface area contributed by atoms with Gasteiger partial charge in [-0.15, -0.1) is 11.3 Å². The van der Waals surface area contributed by atoms with Crippen molar-refractivity contribution in [3.8, 4) is 22.4 Å². The fourth-order valence-corrected chi connectivity index (χ4v) is 9.76. The summed E-state index contributed by atoms with van der Waals surface area (Å²) in [5.74, 6) is 0.0736. The van der Waals surface area contributed by atoms with E-state index in [0.717, 1.165) is 94.9 Å². The summed E-state index contributed by atoms with van der Waals surface area (Å²) in [5.41, 5.74) is 12.2. The summed E-state index contributed by atoms with van der Waals surface area (Å²) in [5, 5.41) is 13.4. The smallest absolute Gasteiger partial charge is 0.261 e. The number of nitrogens with one attached hydrogen (secondary N) is 3. The zero-order valence-corrected chi connectivity index (χ0v) is 33.0. The molecule has 57 heavy (non-hydrogen) atoms. The van der Waals surface area contributed by atoms with Crippen molar-refractivity contribution in [2.75, 3.05) is 18.4 Å².